The largest absolute Gasteiger partial charge is 0.497 e. The second-order valence-corrected chi connectivity index (χ2v) is 5.82. The number of alkyl carbamates (subject to hydrolysis) is 1. The zero-order chi connectivity index (χ0) is 18.3. The minimum atomic E-state index is -1.11. The molecule has 25 heavy (non-hydrogen) atoms. The molecular weight excluding hydrogens is 322 g/mol. The van der Waals surface area contributed by atoms with Crippen LogP contribution in [0.1, 0.15) is 24.5 Å². The van der Waals surface area contributed by atoms with Crippen molar-refractivity contribution < 1.29 is 24.2 Å². The summed E-state index contributed by atoms with van der Waals surface area (Å²) in [6, 6.07) is 16.1. The van der Waals surface area contributed by atoms with Gasteiger partial charge in [-0.2, -0.15) is 0 Å². The Morgan fingerprint density at radius 2 is 1.72 bits per heavy atom. The third-order valence-corrected chi connectivity index (χ3v) is 3.82. The Kier molecular flexibility index (Phi) is 6.00. The van der Waals surface area contributed by atoms with E-state index in [1.54, 1.807) is 38.3 Å². The predicted octanol–water partition coefficient (Wildman–Crippen LogP) is 3.31. The van der Waals surface area contributed by atoms with Gasteiger partial charge >= 0.3 is 12.1 Å². The second-order valence-electron chi connectivity index (χ2n) is 5.82. The molecule has 132 valence electrons. The van der Waals surface area contributed by atoms with Gasteiger partial charge in [0.25, 0.3) is 0 Å². The monoisotopic (exact) mass is 343 g/mol. The number of hydrogen-bond donors (Lipinski definition) is 2. The normalized spacial score (nSPS) is 12.7. The van der Waals surface area contributed by atoms with E-state index >= 15 is 0 Å². The lowest BCUT2D eigenvalue weighted by Crippen LogP contribution is -2.45. The molecule has 0 aliphatic carbocycles. The topological polar surface area (TPSA) is 84.9 Å². The van der Waals surface area contributed by atoms with Crippen LogP contribution in [-0.2, 0) is 21.7 Å². The molecule has 0 aromatic heterocycles. The van der Waals surface area contributed by atoms with Crippen molar-refractivity contribution in [2.75, 3.05) is 7.11 Å². The number of carbonyl (C=O) groups excluding carboxylic acids is 1. The number of nitrogens with one attached hydrogen (secondary N) is 1. The zero-order valence-corrected chi connectivity index (χ0v) is 14.2. The molecule has 6 heteroatoms. The van der Waals surface area contributed by atoms with Crippen LogP contribution in [0.15, 0.2) is 54.6 Å². The van der Waals surface area contributed by atoms with Crippen LogP contribution in [0.3, 0.4) is 0 Å². The Labute approximate surface area is 146 Å². The average molecular weight is 343 g/mol. The molecule has 0 aliphatic heterocycles. The minimum Gasteiger partial charge on any atom is -0.497 e. The fourth-order valence-electron chi connectivity index (χ4n) is 2.46. The van der Waals surface area contributed by atoms with E-state index in [-0.39, 0.29) is 13.0 Å². The zero-order valence-electron chi connectivity index (χ0n) is 14.2. The summed E-state index contributed by atoms with van der Waals surface area (Å²) in [6.07, 6.45) is -0.955. The Balaban J connectivity index is 2.09. The molecule has 1 unspecified atom stereocenters. The number of carboxylic acid groups (broad SMARTS) is 1. The maximum absolute atomic E-state index is 12.2. The summed E-state index contributed by atoms with van der Waals surface area (Å²) >= 11 is 0. The number of benzene rings is 2. The van der Waals surface area contributed by atoms with Crippen molar-refractivity contribution in [3.8, 4) is 5.75 Å². The van der Waals surface area contributed by atoms with E-state index in [0.29, 0.717) is 11.3 Å². The van der Waals surface area contributed by atoms with Crippen LogP contribution < -0.4 is 10.1 Å². The molecule has 0 saturated heterocycles. The van der Waals surface area contributed by atoms with E-state index in [1.807, 2.05) is 30.3 Å². The van der Waals surface area contributed by atoms with Gasteiger partial charge in [0.05, 0.1) is 19.1 Å². The van der Waals surface area contributed by atoms with Crippen LogP contribution in [0.2, 0.25) is 0 Å². The van der Waals surface area contributed by atoms with E-state index < -0.39 is 17.6 Å². The standard InChI is InChI=1S/C19H21NO5/c1-19(12-17(21)22,15-8-10-16(24-2)11-9-15)20-18(23)25-13-14-6-4-3-5-7-14/h3-11H,12-13H2,1-2H3,(H,20,23)(H,21,22). The van der Waals surface area contributed by atoms with Crippen LogP contribution in [0.25, 0.3) is 0 Å². The molecule has 2 N–H and O–H groups in total. The number of hydrogen-bond acceptors (Lipinski definition) is 4. The molecule has 2 aromatic carbocycles. The number of carbonyl (C=O) groups is 2. The number of rotatable bonds is 7. The highest BCUT2D eigenvalue weighted by Crippen LogP contribution is 2.27. The lowest BCUT2D eigenvalue weighted by Gasteiger charge is -2.29. The molecule has 0 spiro atoms. The fraction of sp³-hybridized carbons (Fsp3) is 0.263. The van der Waals surface area contributed by atoms with Gasteiger partial charge in [-0.25, -0.2) is 4.79 Å². The van der Waals surface area contributed by atoms with Crippen molar-refractivity contribution in [1.29, 1.82) is 0 Å². The molecule has 2 aromatic rings. The molecule has 0 heterocycles. The average Bonchev–Trinajstić information content (AvgIpc) is 2.60. The number of amides is 1. The summed E-state index contributed by atoms with van der Waals surface area (Å²) in [6.45, 7) is 1.76. The quantitative estimate of drug-likeness (QED) is 0.806. The van der Waals surface area contributed by atoms with E-state index in [1.165, 1.54) is 0 Å². The van der Waals surface area contributed by atoms with Gasteiger partial charge < -0.3 is 19.9 Å². The van der Waals surface area contributed by atoms with E-state index in [2.05, 4.69) is 5.32 Å². The summed E-state index contributed by atoms with van der Waals surface area (Å²) < 4.78 is 10.3. The van der Waals surface area contributed by atoms with Crippen LogP contribution >= 0.6 is 0 Å². The minimum absolute atomic E-state index is 0.110. The first-order valence-electron chi connectivity index (χ1n) is 7.78. The van der Waals surface area contributed by atoms with Crippen molar-refractivity contribution in [1.82, 2.24) is 5.32 Å². The van der Waals surface area contributed by atoms with Crippen LogP contribution in [0.4, 0.5) is 4.79 Å². The third kappa shape index (κ3) is 5.24. The summed E-state index contributed by atoms with van der Waals surface area (Å²) in [5.41, 5.74) is 0.390. The van der Waals surface area contributed by atoms with Crippen molar-refractivity contribution in [2.24, 2.45) is 0 Å². The number of methoxy groups -OCH3 is 1. The van der Waals surface area contributed by atoms with E-state index in [9.17, 15) is 14.7 Å². The third-order valence-electron chi connectivity index (χ3n) is 3.82. The highest BCUT2D eigenvalue weighted by Gasteiger charge is 2.32. The Morgan fingerprint density at radius 3 is 2.28 bits per heavy atom. The van der Waals surface area contributed by atoms with Crippen LogP contribution in [-0.4, -0.2) is 24.3 Å². The highest BCUT2D eigenvalue weighted by molar-refractivity contribution is 5.73. The summed E-state index contributed by atoms with van der Waals surface area (Å²) in [4.78, 5) is 23.4. The first kappa shape index (κ1) is 18.3. The van der Waals surface area contributed by atoms with Crippen LogP contribution in [0.5, 0.6) is 5.75 Å². The van der Waals surface area contributed by atoms with Gasteiger partial charge in [0.2, 0.25) is 0 Å². The van der Waals surface area contributed by atoms with E-state index in [4.69, 9.17) is 9.47 Å². The molecule has 0 saturated carbocycles. The SMILES string of the molecule is COc1ccc(C(C)(CC(=O)O)NC(=O)OCc2ccccc2)cc1. The van der Waals surface area contributed by atoms with Crippen molar-refractivity contribution in [2.45, 2.75) is 25.5 Å². The molecule has 0 radical (unpaired) electrons. The molecule has 0 bridgehead atoms. The number of aliphatic carboxylic acids is 1. The molecule has 6 nitrogen and oxygen atoms in total. The molecule has 2 rings (SSSR count). The first-order valence-corrected chi connectivity index (χ1v) is 7.78. The van der Waals surface area contributed by atoms with Gasteiger partial charge in [-0.05, 0) is 30.2 Å². The molecule has 1 atom stereocenters. The van der Waals surface area contributed by atoms with Gasteiger partial charge in [0, 0.05) is 0 Å². The number of carboxylic acids is 1. The van der Waals surface area contributed by atoms with Crippen molar-refractivity contribution >= 4 is 12.1 Å². The molecule has 0 aliphatic rings. The molecule has 1 amide bonds. The van der Waals surface area contributed by atoms with Crippen molar-refractivity contribution in [3.05, 3.63) is 65.7 Å². The van der Waals surface area contributed by atoms with Gasteiger partial charge in [-0.3, -0.25) is 4.79 Å². The Morgan fingerprint density at radius 1 is 1.08 bits per heavy atom. The van der Waals surface area contributed by atoms with Crippen LogP contribution in [0, 0.1) is 0 Å². The maximum Gasteiger partial charge on any atom is 0.408 e. The van der Waals surface area contributed by atoms with Gasteiger partial charge in [0.15, 0.2) is 0 Å². The lowest BCUT2D eigenvalue weighted by atomic mass is 9.88. The predicted molar refractivity (Wildman–Crippen MR) is 92.4 cm³/mol. The molecule has 0 fully saturated rings. The fourth-order valence-corrected chi connectivity index (χ4v) is 2.46. The lowest BCUT2D eigenvalue weighted by molar-refractivity contribution is -0.138. The van der Waals surface area contributed by atoms with Gasteiger partial charge in [-0.15, -0.1) is 0 Å². The van der Waals surface area contributed by atoms with Gasteiger partial charge in [0.1, 0.15) is 12.4 Å². The Bertz CT molecular complexity index is 714. The molecular formula is C19H21NO5. The van der Waals surface area contributed by atoms with Crippen molar-refractivity contribution in [3.63, 3.8) is 0 Å². The highest BCUT2D eigenvalue weighted by atomic mass is 16.5. The van der Waals surface area contributed by atoms with E-state index in [0.717, 1.165) is 5.56 Å². The Hall–Kier alpha value is -3.02. The summed E-state index contributed by atoms with van der Waals surface area (Å²) in [7, 11) is 1.55. The summed E-state index contributed by atoms with van der Waals surface area (Å²) in [5.74, 6) is -0.380. The maximum atomic E-state index is 12.2. The second kappa shape index (κ2) is 8.19. The smallest absolute Gasteiger partial charge is 0.408 e. The number of ether oxygens (including phenoxy) is 2. The van der Waals surface area contributed by atoms with Gasteiger partial charge in [-0.1, -0.05) is 42.5 Å². The first-order chi connectivity index (χ1) is 11.9. The summed E-state index contributed by atoms with van der Waals surface area (Å²) in [5, 5.41) is 11.9.